The Balaban J connectivity index is 1.97. The first-order valence-electron chi connectivity index (χ1n) is 9.53. The van der Waals surface area contributed by atoms with Gasteiger partial charge in [-0.05, 0) is 30.0 Å². The Morgan fingerprint density at radius 3 is 2.34 bits per heavy atom. The van der Waals surface area contributed by atoms with E-state index < -0.39 is 22.2 Å². The van der Waals surface area contributed by atoms with Crippen LogP contribution in [-0.4, -0.2) is 64.2 Å². The molecular weight excluding hydrogens is 398 g/mol. The van der Waals surface area contributed by atoms with Gasteiger partial charge in [0.1, 0.15) is 6.04 Å². The summed E-state index contributed by atoms with van der Waals surface area (Å²) < 4.78 is 36.4. The molecule has 1 aliphatic heterocycles. The molecule has 10 heteroatoms. The quantitative estimate of drug-likeness (QED) is 0.642. The highest BCUT2D eigenvalue weighted by Gasteiger charge is 2.26. The standard InChI is InChI=1S/C19H29N3O6S/c1-14(2)12-17(21-19(24)27-3)18(23)20-13-15-4-6-16(7-5-15)29(25,26)22-8-10-28-11-9-22/h4-7,14,17H,8-13H2,1-3H3,(H,20,23)(H,21,24). The highest BCUT2D eigenvalue weighted by Crippen LogP contribution is 2.17. The minimum Gasteiger partial charge on any atom is -0.453 e. The number of amides is 2. The number of hydrogen-bond acceptors (Lipinski definition) is 6. The van der Waals surface area contributed by atoms with Crippen LogP contribution in [0.4, 0.5) is 4.79 Å². The van der Waals surface area contributed by atoms with Crippen LogP contribution in [-0.2, 0) is 30.8 Å². The minimum atomic E-state index is -3.55. The number of hydrogen-bond donors (Lipinski definition) is 2. The summed E-state index contributed by atoms with van der Waals surface area (Å²) in [7, 11) is -2.31. The molecule has 1 fully saturated rings. The number of carbonyl (C=O) groups excluding carboxylic acids is 2. The molecule has 29 heavy (non-hydrogen) atoms. The number of alkyl carbamates (subject to hydrolysis) is 1. The van der Waals surface area contributed by atoms with Crippen molar-refractivity contribution >= 4 is 22.0 Å². The molecule has 1 atom stereocenters. The van der Waals surface area contributed by atoms with Crippen LogP contribution in [0.3, 0.4) is 0 Å². The lowest BCUT2D eigenvalue weighted by Crippen LogP contribution is -2.47. The molecule has 1 aromatic carbocycles. The van der Waals surface area contributed by atoms with Gasteiger partial charge < -0.3 is 20.1 Å². The summed E-state index contributed by atoms with van der Waals surface area (Å²) in [5.74, 6) is -0.123. The summed E-state index contributed by atoms with van der Waals surface area (Å²) in [6.07, 6.45) is -0.194. The van der Waals surface area contributed by atoms with Gasteiger partial charge in [-0.15, -0.1) is 0 Å². The predicted octanol–water partition coefficient (Wildman–Crippen LogP) is 1.09. The molecule has 0 aliphatic carbocycles. The molecule has 1 saturated heterocycles. The van der Waals surface area contributed by atoms with Crippen LogP contribution in [0.5, 0.6) is 0 Å². The van der Waals surface area contributed by atoms with Crippen molar-refractivity contribution in [2.45, 2.75) is 37.8 Å². The van der Waals surface area contributed by atoms with E-state index in [1.807, 2.05) is 13.8 Å². The minimum absolute atomic E-state index is 0.201. The van der Waals surface area contributed by atoms with E-state index in [0.717, 1.165) is 5.56 Å². The zero-order valence-corrected chi connectivity index (χ0v) is 17.8. The van der Waals surface area contributed by atoms with Crippen LogP contribution >= 0.6 is 0 Å². The number of benzene rings is 1. The molecule has 2 amide bonds. The van der Waals surface area contributed by atoms with Crippen LogP contribution in [0.2, 0.25) is 0 Å². The van der Waals surface area contributed by atoms with Crippen molar-refractivity contribution in [1.82, 2.24) is 14.9 Å². The second kappa shape index (κ2) is 10.6. The molecule has 162 valence electrons. The van der Waals surface area contributed by atoms with Crippen molar-refractivity contribution in [2.75, 3.05) is 33.4 Å². The van der Waals surface area contributed by atoms with Crippen LogP contribution in [0.15, 0.2) is 29.2 Å². The summed E-state index contributed by atoms with van der Waals surface area (Å²) in [5.41, 5.74) is 0.751. The SMILES string of the molecule is COC(=O)NC(CC(C)C)C(=O)NCc1ccc(S(=O)(=O)N2CCOCC2)cc1. The van der Waals surface area contributed by atoms with Crippen molar-refractivity contribution in [3.05, 3.63) is 29.8 Å². The molecule has 1 unspecified atom stereocenters. The Morgan fingerprint density at radius 2 is 1.79 bits per heavy atom. The highest BCUT2D eigenvalue weighted by molar-refractivity contribution is 7.89. The summed E-state index contributed by atoms with van der Waals surface area (Å²) in [4.78, 5) is 24.1. The van der Waals surface area contributed by atoms with Crippen LogP contribution in [0.25, 0.3) is 0 Å². The lowest BCUT2D eigenvalue weighted by Gasteiger charge is -2.26. The molecule has 9 nitrogen and oxygen atoms in total. The Kier molecular flexibility index (Phi) is 8.42. The van der Waals surface area contributed by atoms with Crippen LogP contribution in [0.1, 0.15) is 25.8 Å². The van der Waals surface area contributed by atoms with Crippen LogP contribution < -0.4 is 10.6 Å². The van der Waals surface area contributed by atoms with Gasteiger partial charge in [-0.1, -0.05) is 26.0 Å². The van der Waals surface area contributed by atoms with E-state index in [1.54, 1.807) is 12.1 Å². The second-order valence-corrected chi connectivity index (χ2v) is 9.13. The van der Waals surface area contributed by atoms with Gasteiger partial charge in [-0.25, -0.2) is 13.2 Å². The molecule has 2 N–H and O–H groups in total. The summed E-state index contributed by atoms with van der Waals surface area (Å²) in [6.45, 7) is 5.57. The van der Waals surface area contributed by atoms with Gasteiger partial charge in [0, 0.05) is 19.6 Å². The van der Waals surface area contributed by atoms with Crippen molar-refractivity contribution in [2.24, 2.45) is 5.92 Å². The topological polar surface area (TPSA) is 114 Å². The summed E-state index contributed by atoms with van der Waals surface area (Å²) >= 11 is 0. The third kappa shape index (κ3) is 6.69. The Hall–Kier alpha value is -2.17. The maximum absolute atomic E-state index is 12.6. The zero-order chi connectivity index (χ0) is 21.4. The second-order valence-electron chi connectivity index (χ2n) is 7.20. The lowest BCUT2D eigenvalue weighted by atomic mass is 10.0. The highest BCUT2D eigenvalue weighted by atomic mass is 32.2. The fraction of sp³-hybridized carbons (Fsp3) is 0.579. The van der Waals surface area contributed by atoms with Crippen molar-refractivity contribution < 1.29 is 27.5 Å². The third-order valence-electron chi connectivity index (χ3n) is 4.50. The fourth-order valence-electron chi connectivity index (χ4n) is 2.93. The summed E-state index contributed by atoms with van der Waals surface area (Å²) in [6, 6.07) is 5.69. The zero-order valence-electron chi connectivity index (χ0n) is 17.0. The first kappa shape index (κ1) is 23.1. The van der Waals surface area contributed by atoms with E-state index in [4.69, 9.17) is 4.74 Å². The normalized spacial score (nSPS) is 16.3. The van der Waals surface area contributed by atoms with Gasteiger partial charge in [-0.3, -0.25) is 4.79 Å². The molecule has 0 aromatic heterocycles. The number of nitrogens with one attached hydrogen (secondary N) is 2. The number of nitrogens with zero attached hydrogens (tertiary/aromatic N) is 1. The molecule has 0 saturated carbocycles. The number of morpholine rings is 1. The average molecular weight is 428 g/mol. The van der Waals surface area contributed by atoms with Gasteiger partial charge in [0.25, 0.3) is 0 Å². The van der Waals surface area contributed by atoms with E-state index in [0.29, 0.717) is 32.7 Å². The molecular formula is C19H29N3O6S. The summed E-state index contributed by atoms with van der Waals surface area (Å²) in [5, 5.41) is 5.30. The molecule has 2 rings (SSSR count). The predicted molar refractivity (Wildman–Crippen MR) is 107 cm³/mol. The third-order valence-corrected chi connectivity index (χ3v) is 6.41. The van der Waals surface area contributed by atoms with E-state index >= 15 is 0 Å². The monoisotopic (exact) mass is 427 g/mol. The fourth-order valence-corrected chi connectivity index (χ4v) is 4.34. The van der Waals surface area contributed by atoms with Gasteiger partial charge >= 0.3 is 6.09 Å². The Labute approximate surface area is 171 Å². The van der Waals surface area contributed by atoms with Gasteiger partial charge in [-0.2, -0.15) is 4.31 Å². The van der Waals surface area contributed by atoms with Gasteiger partial charge in [0.15, 0.2) is 0 Å². The molecule has 0 spiro atoms. The molecule has 0 radical (unpaired) electrons. The Morgan fingerprint density at radius 1 is 1.17 bits per heavy atom. The van der Waals surface area contributed by atoms with E-state index in [2.05, 4.69) is 15.4 Å². The molecule has 1 aliphatic rings. The maximum atomic E-state index is 12.6. The number of methoxy groups -OCH3 is 1. The van der Waals surface area contributed by atoms with Gasteiger partial charge in [0.05, 0.1) is 25.2 Å². The maximum Gasteiger partial charge on any atom is 0.407 e. The molecule has 1 heterocycles. The first-order valence-corrected chi connectivity index (χ1v) is 11.0. The Bertz CT molecular complexity index is 789. The van der Waals surface area contributed by atoms with Crippen molar-refractivity contribution in [3.8, 4) is 0 Å². The van der Waals surface area contributed by atoms with Crippen molar-refractivity contribution in [1.29, 1.82) is 0 Å². The van der Waals surface area contributed by atoms with E-state index in [9.17, 15) is 18.0 Å². The van der Waals surface area contributed by atoms with Crippen molar-refractivity contribution in [3.63, 3.8) is 0 Å². The average Bonchev–Trinajstić information content (AvgIpc) is 2.72. The van der Waals surface area contributed by atoms with Crippen LogP contribution in [0, 0.1) is 5.92 Å². The first-order chi connectivity index (χ1) is 13.7. The van der Waals surface area contributed by atoms with E-state index in [1.165, 1.54) is 23.5 Å². The molecule has 0 bridgehead atoms. The largest absolute Gasteiger partial charge is 0.453 e. The lowest BCUT2D eigenvalue weighted by molar-refractivity contribution is -0.123. The number of carbonyl (C=O) groups is 2. The smallest absolute Gasteiger partial charge is 0.407 e. The molecule has 1 aromatic rings. The number of rotatable bonds is 8. The number of sulfonamides is 1. The van der Waals surface area contributed by atoms with Gasteiger partial charge in [0.2, 0.25) is 15.9 Å². The number of ether oxygens (including phenoxy) is 2. The van der Waals surface area contributed by atoms with E-state index in [-0.39, 0.29) is 23.3 Å².